The number of rotatable bonds is 3. The van der Waals surface area contributed by atoms with Crippen molar-refractivity contribution in [1.29, 1.82) is 0 Å². The molecule has 0 radical (unpaired) electrons. The first-order valence-corrected chi connectivity index (χ1v) is 7.87. The van der Waals surface area contributed by atoms with Crippen LogP contribution >= 0.6 is 0 Å². The van der Waals surface area contributed by atoms with Gasteiger partial charge in [0.15, 0.2) is 0 Å². The number of halogens is 1. The lowest BCUT2D eigenvalue weighted by Crippen LogP contribution is -1.99. The van der Waals surface area contributed by atoms with Crippen LogP contribution in [0, 0.1) is 26.0 Å². The molecule has 0 heterocycles. The van der Waals surface area contributed by atoms with Crippen molar-refractivity contribution >= 4 is 22.8 Å². The lowest BCUT2D eigenvalue weighted by Gasteiger charge is -2.02. The molecule has 0 N–H and O–H groups in total. The second kappa shape index (κ2) is 6.10. The van der Waals surface area contributed by atoms with Crippen molar-refractivity contribution < 1.29 is 14.2 Å². The Kier molecular flexibility index (Phi) is 3.73. The van der Waals surface area contributed by atoms with Crippen LogP contribution < -0.4 is 0 Å². The summed E-state index contributed by atoms with van der Waals surface area (Å²) in [6.45, 7) is 0. The zero-order valence-electron chi connectivity index (χ0n) is 13.6. The number of fused-ring (bicyclic) bond motifs is 3. The molecule has 8 heteroatoms. The molecule has 3 aromatic rings. The Morgan fingerprint density at radius 3 is 2.22 bits per heavy atom. The number of non-ortho nitro benzene ring substituents is 1. The van der Waals surface area contributed by atoms with E-state index in [1.54, 1.807) is 6.07 Å². The van der Waals surface area contributed by atoms with E-state index in [1.807, 2.05) is 0 Å². The summed E-state index contributed by atoms with van der Waals surface area (Å²) in [6.07, 6.45) is 0. The summed E-state index contributed by atoms with van der Waals surface area (Å²) in [5.74, 6) is -0.419. The molecular weight excluding hydrogens is 353 g/mol. The third kappa shape index (κ3) is 2.73. The number of hydrogen-bond donors (Lipinski definition) is 0. The van der Waals surface area contributed by atoms with Gasteiger partial charge in [0.1, 0.15) is 5.82 Å². The second-order valence-electron chi connectivity index (χ2n) is 5.88. The Morgan fingerprint density at radius 1 is 0.815 bits per heavy atom. The Bertz CT molecular complexity index is 1140. The largest absolute Gasteiger partial charge is 0.277 e. The zero-order valence-corrected chi connectivity index (χ0v) is 13.6. The zero-order chi connectivity index (χ0) is 19.1. The van der Waals surface area contributed by atoms with Gasteiger partial charge in [0, 0.05) is 29.3 Å². The molecule has 0 saturated carbocycles. The third-order valence-electron chi connectivity index (χ3n) is 4.30. The molecule has 4 rings (SSSR count). The van der Waals surface area contributed by atoms with Crippen LogP contribution in [0.1, 0.15) is 11.1 Å². The summed E-state index contributed by atoms with van der Waals surface area (Å²) < 4.78 is 13.2. The monoisotopic (exact) mass is 363 g/mol. The van der Waals surface area contributed by atoms with Crippen LogP contribution in [-0.4, -0.2) is 15.6 Å². The maximum Gasteiger partial charge on any atom is 0.277 e. The summed E-state index contributed by atoms with van der Waals surface area (Å²) in [5.41, 5.74) is 2.36. The van der Waals surface area contributed by atoms with E-state index in [0.717, 1.165) is 0 Å². The highest BCUT2D eigenvalue weighted by molar-refractivity contribution is 6.26. The third-order valence-corrected chi connectivity index (χ3v) is 4.30. The molecule has 0 amide bonds. The Morgan fingerprint density at radius 2 is 1.56 bits per heavy atom. The van der Waals surface area contributed by atoms with Gasteiger partial charge in [-0.2, -0.15) is 0 Å². The summed E-state index contributed by atoms with van der Waals surface area (Å²) in [7, 11) is 0. The molecule has 0 unspecified atom stereocenters. The standard InChI is InChI=1S/C19H10FN3O4/c20-11-4-6-12(7-5-11)21-19-15-2-1-3-17(23(26)27)18(15)14-9-8-13(22(24)25)10-16(14)19/h1-10H/b21-19+. The van der Waals surface area contributed by atoms with Crippen molar-refractivity contribution in [3.8, 4) is 11.1 Å². The molecule has 7 nitrogen and oxygen atoms in total. The SMILES string of the molecule is O=[N+]([O-])c1ccc2c(c1)/C(=N/c1ccc(F)cc1)c1cccc([N+](=O)[O-])c1-2. The van der Waals surface area contributed by atoms with Gasteiger partial charge in [-0.25, -0.2) is 9.38 Å². The minimum absolute atomic E-state index is 0.105. The molecule has 27 heavy (non-hydrogen) atoms. The fourth-order valence-electron chi connectivity index (χ4n) is 3.14. The number of nitro groups is 2. The van der Waals surface area contributed by atoms with Gasteiger partial charge in [0.25, 0.3) is 11.4 Å². The highest BCUT2D eigenvalue weighted by Crippen LogP contribution is 2.44. The molecule has 1 aliphatic rings. The van der Waals surface area contributed by atoms with E-state index in [9.17, 15) is 24.6 Å². The molecule has 0 bridgehead atoms. The van der Waals surface area contributed by atoms with Crippen LogP contribution in [0.15, 0.2) is 65.7 Å². The van der Waals surface area contributed by atoms with Crippen molar-refractivity contribution in [1.82, 2.24) is 0 Å². The number of aliphatic imine (C=N–C) groups is 1. The van der Waals surface area contributed by atoms with Gasteiger partial charge in [-0.15, -0.1) is 0 Å². The smallest absolute Gasteiger partial charge is 0.258 e. The number of nitrogens with zero attached hydrogens (tertiary/aromatic N) is 3. The maximum absolute atomic E-state index is 13.2. The second-order valence-corrected chi connectivity index (χ2v) is 5.88. The van der Waals surface area contributed by atoms with Crippen LogP contribution in [0.25, 0.3) is 11.1 Å². The van der Waals surface area contributed by atoms with Gasteiger partial charge in [-0.05, 0) is 35.9 Å². The minimum atomic E-state index is -0.535. The molecule has 0 aliphatic heterocycles. The Balaban J connectivity index is 2.02. The van der Waals surface area contributed by atoms with E-state index in [4.69, 9.17) is 0 Å². The molecule has 1 aliphatic carbocycles. The van der Waals surface area contributed by atoms with Crippen molar-refractivity contribution in [2.75, 3.05) is 0 Å². The van der Waals surface area contributed by atoms with E-state index < -0.39 is 15.7 Å². The summed E-state index contributed by atoms with van der Waals surface area (Å²) in [4.78, 5) is 26.1. The molecule has 132 valence electrons. The number of hydrogen-bond acceptors (Lipinski definition) is 5. The average molecular weight is 363 g/mol. The van der Waals surface area contributed by atoms with Crippen molar-refractivity contribution in [3.63, 3.8) is 0 Å². The lowest BCUT2D eigenvalue weighted by molar-refractivity contribution is -0.385. The quantitative estimate of drug-likeness (QED) is 0.386. The number of benzene rings is 3. The van der Waals surface area contributed by atoms with Crippen LogP contribution in [-0.2, 0) is 0 Å². The van der Waals surface area contributed by atoms with Crippen LogP contribution in [0.3, 0.4) is 0 Å². The Hall–Kier alpha value is -3.94. The van der Waals surface area contributed by atoms with Gasteiger partial charge >= 0.3 is 0 Å². The molecule has 0 aromatic heterocycles. The normalized spacial score (nSPS) is 13.3. The van der Waals surface area contributed by atoms with Gasteiger partial charge in [-0.3, -0.25) is 20.2 Å². The predicted octanol–water partition coefficient (Wildman–Crippen LogP) is 4.79. The number of nitro benzene ring substituents is 2. The van der Waals surface area contributed by atoms with E-state index in [0.29, 0.717) is 33.7 Å². The summed E-state index contributed by atoms with van der Waals surface area (Å²) in [5, 5.41) is 22.6. The average Bonchev–Trinajstić information content (AvgIpc) is 2.96. The molecule has 3 aromatic carbocycles. The summed E-state index contributed by atoms with van der Waals surface area (Å²) in [6, 6.07) is 14.2. The highest BCUT2D eigenvalue weighted by Gasteiger charge is 2.32. The van der Waals surface area contributed by atoms with Gasteiger partial charge < -0.3 is 0 Å². The predicted molar refractivity (Wildman–Crippen MR) is 96.9 cm³/mol. The molecule has 0 saturated heterocycles. The topological polar surface area (TPSA) is 98.6 Å². The maximum atomic E-state index is 13.2. The Labute approximate surface area is 151 Å². The molecule has 0 spiro atoms. The van der Waals surface area contributed by atoms with Crippen LogP contribution in [0.4, 0.5) is 21.5 Å². The van der Waals surface area contributed by atoms with Crippen molar-refractivity contribution in [2.24, 2.45) is 4.99 Å². The fourth-order valence-corrected chi connectivity index (χ4v) is 3.14. The van der Waals surface area contributed by atoms with Crippen LogP contribution in [0.2, 0.25) is 0 Å². The van der Waals surface area contributed by atoms with E-state index in [1.165, 1.54) is 54.6 Å². The lowest BCUT2D eigenvalue weighted by atomic mass is 10.0. The van der Waals surface area contributed by atoms with Gasteiger partial charge in [0.05, 0.1) is 26.8 Å². The van der Waals surface area contributed by atoms with Crippen molar-refractivity contribution in [2.45, 2.75) is 0 Å². The van der Waals surface area contributed by atoms with Crippen LogP contribution in [0.5, 0.6) is 0 Å². The van der Waals surface area contributed by atoms with Gasteiger partial charge in [0.2, 0.25) is 0 Å². The van der Waals surface area contributed by atoms with E-state index >= 15 is 0 Å². The molecule has 0 atom stereocenters. The fraction of sp³-hybridized carbons (Fsp3) is 0. The first-order valence-electron chi connectivity index (χ1n) is 7.87. The highest BCUT2D eigenvalue weighted by atomic mass is 19.1. The first kappa shape index (κ1) is 16.5. The molecular formula is C19H10FN3O4. The van der Waals surface area contributed by atoms with E-state index in [-0.39, 0.29) is 11.4 Å². The molecule has 0 fully saturated rings. The minimum Gasteiger partial charge on any atom is -0.258 e. The van der Waals surface area contributed by atoms with Crippen molar-refractivity contribution in [3.05, 3.63) is 97.8 Å². The van der Waals surface area contributed by atoms with E-state index in [2.05, 4.69) is 4.99 Å². The first-order chi connectivity index (χ1) is 13.0. The van der Waals surface area contributed by atoms with Gasteiger partial charge in [-0.1, -0.05) is 12.1 Å². The summed E-state index contributed by atoms with van der Waals surface area (Å²) >= 11 is 0.